The highest BCUT2D eigenvalue weighted by atomic mass is 16.2. The van der Waals surface area contributed by atoms with Crippen LogP contribution < -0.4 is 0 Å². The second-order valence-corrected chi connectivity index (χ2v) is 14.7. The molecule has 0 radical (unpaired) electrons. The molecular formula is C48H36O4. The molecule has 2 aliphatic rings. The molecule has 0 spiro atoms. The van der Waals surface area contributed by atoms with Crippen molar-refractivity contribution in [3.63, 3.8) is 0 Å². The van der Waals surface area contributed by atoms with Gasteiger partial charge < -0.3 is 0 Å². The van der Waals surface area contributed by atoms with Crippen molar-refractivity contribution < 1.29 is 19.2 Å². The van der Waals surface area contributed by atoms with Crippen molar-refractivity contribution in [2.75, 3.05) is 0 Å². The predicted octanol–water partition coefficient (Wildman–Crippen LogP) is 11.2. The van der Waals surface area contributed by atoms with Crippen molar-refractivity contribution in [2.24, 2.45) is 0 Å². The number of ketones is 4. The van der Waals surface area contributed by atoms with Crippen LogP contribution in [-0.2, 0) is 19.2 Å². The molecule has 7 aromatic carbocycles. The van der Waals surface area contributed by atoms with E-state index in [4.69, 9.17) is 0 Å². The molecule has 0 amide bonds. The van der Waals surface area contributed by atoms with Gasteiger partial charge in [0.2, 0.25) is 0 Å². The molecule has 52 heavy (non-hydrogen) atoms. The number of hydrogen-bond donors (Lipinski definition) is 0. The minimum Gasteiger partial charge on any atom is -0.299 e. The average Bonchev–Trinajstić information content (AvgIpc) is 3.15. The maximum absolute atomic E-state index is 12.2. The van der Waals surface area contributed by atoms with Crippen molar-refractivity contribution in [3.8, 4) is 22.3 Å². The maximum atomic E-state index is 12.2. The summed E-state index contributed by atoms with van der Waals surface area (Å²) in [6, 6.07) is 34.6. The molecule has 0 atom stereocenters. The number of rotatable bonds is 6. The van der Waals surface area contributed by atoms with Gasteiger partial charge in [0.15, 0.2) is 0 Å². The van der Waals surface area contributed by atoms with Gasteiger partial charge in [-0.05, 0) is 124 Å². The first-order chi connectivity index (χ1) is 25.3. The van der Waals surface area contributed by atoms with Crippen molar-refractivity contribution in [1.82, 2.24) is 0 Å². The quantitative estimate of drug-likeness (QED) is 0.0999. The average molecular weight is 677 g/mol. The van der Waals surface area contributed by atoms with Gasteiger partial charge in [0, 0.05) is 25.7 Å². The second kappa shape index (κ2) is 12.3. The van der Waals surface area contributed by atoms with Crippen molar-refractivity contribution >= 4 is 78.4 Å². The second-order valence-electron chi connectivity index (χ2n) is 14.7. The van der Waals surface area contributed by atoms with Gasteiger partial charge >= 0.3 is 0 Å². The molecule has 252 valence electrons. The third-order valence-electron chi connectivity index (χ3n) is 11.4. The lowest BCUT2D eigenvalue weighted by molar-refractivity contribution is -0.131. The Morgan fingerprint density at radius 1 is 0.423 bits per heavy atom. The van der Waals surface area contributed by atoms with Crippen LogP contribution in [0.3, 0.4) is 0 Å². The lowest BCUT2D eigenvalue weighted by Gasteiger charge is -2.22. The Hall–Kier alpha value is -6.00. The number of Topliss-reactive ketones (excluding diaryl/α,β-unsaturated/α-hetero) is 4. The van der Waals surface area contributed by atoms with E-state index in [0.29, 0.717) is 25.7 Å². The van der Waals surface area contributed by atoms with Gasteiger partial charge in [-0.3, -0.25) is 19.2 Å². The van der Waals surface area contributed by atoms with Crippen LogP contribution in [0.4, 0.5) is 0 Å². The van der Waals surface area contributed by atoms with E-state index in [9.17, 15) is 19.2 Å². The Balaban J connectivity index is 1.21. The van der Waals surface area contributed by atoms with Gasteiger partial charge in [-0.25, -0.2) is 0 Å². The number of fused-ring (bicyclic) bond motifs is 2. The van der Waals surface area contributed by atoms with E-state index in [1.807, 2.05) is 12.2 Å². The Morgan fingerprint density at radius 3 is 1.12 bits per heavy atom. The number of benzene rings is 7. The molecule has 0 heterocycles. The Bertz CT molecular complexity index is 2460. The van der Waals surface area contributed by atoms with Crippen LogP contribution in [0, 0.1) is 0 Å². The molecule has 4 heteroatoms. The minimum atomic E-state index is -0.0569. The normalized spacial score (nSPS) is 16.2. The van der Waals surface area contributed by atoms with E-state index in [-0.39, 0.29) is 47.8 Å². The molecule has 0 aliphatic heterocycles. The van der Waals surface area contributed by atoms with E-state index in [1.165, 1.54) is 21.5 Å². The third-order valence-corrected chi connectivity index (χ3v) is 11.4. The SMILES string of the molecule is C=Cc1cc2c(-c3ccc(C4CC(=O)CC(=O)C4)cc3)ccc3c4ccc(-c5ccc(C6CC(=O)CC(=O)C6)cc5)c5cc(C=C)cc(c(c1)c23)c54. The molecule has 2 saturated carbocycles. The van der Waals surface area contributed by atoms with Crippen molar-refractivity contribution in [2.45, 2.75) is 50.4 Å². The molecule has 0 unspecified atom stereocenters. The Labute approximate surface area is 301 Å². The number of carbonyl (C=O) groups excluding carboxylic acids is 4. The molecular weight excluding hydrogens is 641 g/mol. The lowest BCUT2D eigenvalue weighted by atomic mass is 9.81. The van der Waals surface area contributed by atoms with Crippen LogP contribution in [0.15, 0.2) is 110 Å². The fourth-order valence-electron chi connectivity index (χ4n) is 8.94. The van der Waals surface area contributed by atoms with E-state index in [1.54, 1.807) is 0 Å². The highest BCUT2D eigenvalue weighted by Gasteiger charge is 2.28. The molecule has 0 saturated heterocycles. The van der Waals surface area contributed by atoms with Crippen molar-refractivity contribution in [3.05, 3.63) is 132 Å². The zero-order valence-corrected chi connectivity index (χ0v) is 28.8. The van der Waals surface area contributed by atoms with E-state index < -0.39 is 0 Å². The summed E-state index contributed by atoms with van der Waals surface area (Å²) < 4.78 is 0. The highest BCUT2D eigenvalue weighted by Crippen LogP contribution is 2.47. The number of hydrogen-bond acceptors (Lipinski definition) is 4. The van der Waals surface area contributed by atoms with E-state index >= 15 is 0 Å². The Morgan fingerprint density at radius 2 is 0.769 bits per heavy atom. The van der Waals surface area contributed by atoms with Crippen LogP contribution in [0.25, 0.3) is 77.5 Å². The van der Waals surface area contributed by atoms with Gasteiger partial charge in [-0.2, -0.15) is 0 Å². The molecule has 2 fully saturated rings. The first-order valence-corrected chi connectivity index (χ1v) is 18.0. The first kappa shape index (κ1) is 31.9. The first-order valence-electron chi connectivity index (χ1n) is 18.0. The van der Waals surface area contributed by atoms with E-state index in [0.717, 1.165) is 66.1 Å². The van der Waals surface area contributed by atoms with Gasteiger partial charge in [0.1, 0.15) is 23.1 Å². The Kier molecular flexibility index (Phi) is 7.58. The molecule has 0 bridgehead atoms. The third kappa shape index (κ3) is 5.29. The summed E-state index contributed by atoms with van der Waals surface area (Å²) in [7, 11) is 0. The van der Waals surface area contributed by atoms with Gasteiger partial charge in [-0.1, -0.05) is 98.1 Å². The van der Waals surface area contributed by atoms with Crippen LogP contribution in [0.2, 0.25) is 0 Å². The molecule has 2 aliphatic carbocycles. The maximum Gasteiger partial charge on any atom is 0.140 e. The van der Waals surface area contributed by atoms with Gasteiger partial charge in [0.25, 0.3) is 0 Å². The minimum absolute atomic E-state index is 0.0259. The van der Waals surface area contributed by atoms with Crippen molar-refractivity contribution in [1.29, 1.82) is 0 Å². The summed E-state index contributed by atoms with van der Waals surface area (Å²) in [4.78, 5) is 48.7. The predicted molar refractivity (Wildman–Crippen MR) is 212 cm³/mol. The van der Waals surface area contributed by atoms with Crippen LogP contribution in [0.5, 0.6) is 0 Å². The zero-order chi connectivity index (χ0) is 35.7. The van der Waals surface area contributed by atoms with Gasteiger partial charge in [0.05, 0.1) is 12.8 Å². The lowest BCUT2D eigenvalue weighted by Crippen LogP contribution is -2.21. The standard InChI is InChI=1S/C48H36O4/c1-3-27-17-43-39(31-9-5-29(6-10-31)33-21-35(49)25-36(50)22-33)13-15-41-42-16-14-40(32-11-7-30(8-12-32)34-23-37(51)26-38(52)24-34)44-18-28(4-2)20-46(48(42)44)45(19-27)47(41)43/h3-20,33-34H,1-2,21-26H2. The van der Waals surface area contributed by atoms with Crippen LogP contribution >= 0.6 is 0 Å². The summed E-state index contributed by atoms with van der Waals surface area (Å²) in [6.45, 7) is 8.31. The molecule has 0 N–H and O–H groups in total. The summed E-state index contributed by atoms with van der Waals surface area (Å²) in [5.74, 6) is -0.0103. The zero-order valence-electron chi connectivity index (χ0n) is 28.8. The summed E-state index contributed by atoms with van der Waals surface area (Å²) in [6.07, 6.45) is 5.62. The highest BCUT2D eigenvalue weighted by molar-refractivity contribution is 6.35. The van der Waals surface area contributed by atoms with E-state index in [2.05, 4.69) is 110 Å². The molecule has 9 rings (SSSR count). The monoisotopic (exact) mass is 676 g/mol. The fourth-order valence-corrected chi connectivity index (χ4v) is 8.94. The summed E-state index contributed by atoms with van der Waals surface area (Å²) >= 11 is 0. The molecule has 7 aromatic rings. The fraction of sp³-hybridized carbons (Fsp3) is 0.167. The molecule has 0 aromatic heterocycles. The molecule has 4 nitrogen and oxygen atoms in total. The summed E-state index contributed by atoms with van der Waals surface area (Å²) in [5, 5.41) is 9.33. The smallest absolute Gasteiger partial charge is 0.140 e. The topological polar surface area (TPSA) is 68.3 Å². The largest absolute Gasteiger partial charge is 0.299 e. The summed E-state index contributed by atoms with van der Waals surface area (Å²) in [5.41, 5.74) is 8.50. The van der Waals surface area contributed by atoms with Crippen LogP contribution in [-0.4, -0.2) is 23.1 Å². The van der Waals surface area contributed by atoms with Gasteiger partial charge in [-0.15, -0.1) is 0 Å². The number of carbonyl (C=O) groups is 4. The van der Waals surface area contributed by atoms with Crippen LogP contribution in [0.1, 0.15) is 72.6 Å².